The number of rotatable bonds is 4. The second-order valence-corrected chi connectivity index (χ2v) is 6.12. The van der Waals surface area contributed by atoms with Crippen LogP contribution in [0, 0.1) is 0 Å². The van der Waals surface area contributed by atoms with Gasteiger partial charge in [-0.1, -0.05) is 18.2 Å². The summed E-state index contributed by atoms with van der Waals surface area (Å²) in [5, 5.41) is 14.1. The Morgan fingerprint density at radius 2 is 1.84 bits per heavy atom. The minimum Gasteiger partial charge on any atom is -0.321 e. The van der Waals surface area contributed by atoms with Gasteiger partial charge in [-0.3, -0.25) is 4.79 Å². The number of hydrogen-bond donors (Lipinski definition) is 1. The van der Waals surface area contributed by atoms with Crippen LogP contribution in [-0.2, 0) is 0 Å². The first-order chi connectivity index (χ1) is 12.3. The fourth-order valence-corrected chi connectivity index (χ4v) is 2.95. The summed E-state index contributed by atoms with van der Waals surface area (Å²) in [6, 6.07) is 17.0. The van der Waals surface area contributed by atoms with Gasteiger partial charge in [0.25, 0.3) is 5.91 Å². The monoisotopic (exact) mass is 347 g/mol. The van der Waals surface area contributed by atoms with Crippen LogP contribution in [0.5, 0.6) is 0 Å². The van der Waals surface area contributed by atoms with Gasteiger partial charge in [-0.2, -0.15) is 9.90 Å². The number of nitrogens with zero attached hydrogens (tertiary/aromatic N) is 4. The van der Waals surface area contributed by atoms with Crippen LogP contribution < -0.4 is 5.32 Å². The minimum atomic E-state index is -0.302. The predicted octanol–water partition coefficient (Wildman–Crippen LogP) is 3.64. The third-order valence-corrected chi connectivity index (χ3v) is 4.36. The number of carbonyl (C=O) groups is 1. The zero-order valence-corrected chi connectivity index (χ0v) is 13.9. The highest BCUT2D eigenvalue weighted by molar-refractivity contribution is 7.13. The topological polar surface area (TPSA) is 72.7 Å². The first-order valence-electron chi connectivity index (χ1n) is 7.59. The number of aromatic nitrogens is 4. The molecule has 0 saturated carbocycles. The molecule has 0 atom stereocenters. The molecule has 2 heterocycles. The van der Waals surface area contributed by atoms with Gasteiger partial charge in [-0.15, -0.1) is 16.4 Å². The van der Waals surface area contributed by atoms with Crippen LogP contribution in [0.15, 0.2) is 72.4 Å². The third kappa shape index (κ3) is 3.31. The van der Waals surface area contributed by atoms with Crippen molar-refractivity contribution in [1.82, 2.24) is 20.0 Å². The summed E-state index contributed by atoms with van der Waals surface area (Å²) in [5.74, 6) is -0.302. The molecular weight excluding hydrogens is 334 g/mol. The average molecular weight is 347 g/mol. The molecule has 4 aromatic rings. The zero-order chi connectivity index (χ0) is 17.1. The van der Waals surface area contributed by atoms with E-state index in [4.69, 9.17) is 0 Å². The van der Waals surface area contributed by atoms with Gasteiger partial charge in [0.05, 0.1) is 11.9 Å². The minimum absolute atomic E-state index is 0.257. The van der Waals surface area contributed by atoms with Crippen molar-refractivity contribution in [3.63, 3.8) is 0 Å². The fourth-order valence-electron chi connectivity index (χ4n) is 2.31. The van der Waals surface area contributed by atoms with E-state index in [2.05, 4.69) is 20.5 Å². The second kappa shape index (κ2) is 6.66. The maximum atomic E-state index is 12.3. The smallest absolute Gasteiger partial charge is 0.277 e. The number of hydrogen-bond acceptors (Lipinski definition) is 5. The summed E-state index contributed by atoms with van der Waals surface area (Å²) in [6.45, 7) is 0. The summed E-state index contributed by atoms with van der Waals surface area (Å²) >= 11 is 1.57. The average Bonchev–Trinajstić information content (AvgIpc) is 3.35. The molecule has 4 rings (SSSR count). The van der Waals surface area contributed by atoms with Gasteiger partial charge in [-0.05, 0) is 36.4 Å². The lowest BCUT2D eigenvalue weighted by molar-refractivity contribution is 0.102. The first-order valence-corrected chi connectivity index (χ1v) is 8.46. The number of para-hydroxylation sites is 1. The number of nitrogens with one attached hydrogen (secondary N) is 1. The SMILES string of the molecule is O=C(Nc1ccc(-c2nccs2)cc1)c1cnn(-c2ccccc2)n1. The maximum Gasteiger partial charge on any atom is 0.277 e. The Hall–Kier alpha value is -3.32. The van der Waals surface area contributed by atoms with E-state index in [1.54, 1.807) is 17.5 Å². The van der Waals surface area contributed by atoms with Crippen molar-refractivity contribution in [2.24, 2.45) is 0 Å². The molecule has 122 valence electrons. The lowest BCUT2D eigenvalue weighted by Gasteiger charge is -2.04. The first kappa shape index (κ1) is 15.2. The highest BCUT2D eigenvalue weighted by atomic mass is 32.1. The molecule has 0 spiro atoms. The van der Waals surface area contributed by atoms with E-state index in [-0.39, 0.29) is 11.6 Å². The maximum absolute atomic E-state index is 12.3. The van der Waals surface area contributed by atoms with Gasteiger partial charge in [0.1, 0.15) is 5.01 Å². The molecule has 0 unspecified atom stereocenters. The molecule has 7 heteroatoms. The van der Waals surface area contributed by atoms with Crippen LogP contribution >= 0.6 is 11.3 Å². The molecule has 25 heavy (non-hydrogen) atoms. The third-order valence-electron chi connectivity index (χ3n) is 3.53. The van der Waals surface area contributed by atoms with E-state index in [1.165, 1.54) is 11.0 Å². The summed E-state index contributed by atoms with van der Waals surface area (Å²) in [5.41, 5.74) is 2.77. The number of thiazole rings is 1. The standard InChI is InChI=1S/C18H13N5OS/c24-17(16-12-20-23(22-16)15-4-2-1-3-5-15)21-14-8-6-13(7-9-14)18-19-10-11-25-18/h1-12H,(H,21,24). The van der Waals surface area contributed by atoms with Crippen molar-refractivity contribution in [3.05, 3.63) is 78.1 Å². The van der Waals surface area contributed by atoms with Crippen molar-refractivity contribution in [2.45, 2.75) is 0 Å². The van der Waals surface area contributed by atoms with Crippen molar-refractivity contribution in [1.29, 1.82) is 0 Å². The molecule has 0 aliphatic heterocycles. The fraction of sp³-hybridized carbons (Fsp3) is 0. The molecule has 2 aromatic heterocycles. The molecule has 2 aromatic carbocycles. The summed E-state index contributed by atoms with van der Waals surface area (Å²) in [4.78, 5) is 18.0. The highest BCUT2D eigenvalue weighted by Crippen LogP contribution is 2.23. The Morgan fingerprint density at radius 1 is 1.04 bits per heavy atom. The van der Waals surface area contributed by atoms with Crippen molar-refractivity contribution >= 4 is 22.9 Å². The molecule has 0 aliphatic carbocycles. The molecule has 0 fully saturated rings. The van der Waals surface area contributed by atoms with Gasteiger partial charge in [0, 0.05) is 22.8 Å². The van der Waals surface area contributed by atoms with E-state index in [9.17, 15) is 4.79 Å². The Labute approximate surface area is 147 Å². The summed E-state index contributed by atoms with van der Waals surface area (Å²) in [6.07, 6.45) is 3.22. The molecule has 6 nitrogen and oxygen atoms in total. The molecule has 0 saturated heterocycles. The van der Waals surface area contributed by atoms with Crippen LogP contribution in [0.25, 0.3) is 16.3 Å². The molecule has 1 N–H and O–H groups in total. The van der Waals surface area contributed by atoms with E-state index in [1.807, 2.05) is 60.0 Å². The van der Waals surface area contributed by atoms with Gasteiger partial charge in [0.15, 0.2) is 5.69 Å². The summed E-state index contributed by atoms with van der Waals surface area (Å²) < 4.78 is 0. The molecule has 0 radical (unpaired) electrons. The van der Waals surface area contributed by atoms with Gasteiger partial charge >= 0.3 is 0 Å². The van der Waals surface area contributed by atoms with Crippen molar-refractivity contribution in [2.75, 3.05) is 5.32 Å². The number of benzene rings is 2. The van der Waals surface area contributed by atoms with Crippen LogP contribution in [0.4, 0.5) is 5.69 Å². The van der Waals surface area contributed by atoms with Crippen LogP contribution in [0.3, 0.4) is 0 Å². The quantitative estimate of drug-likeness (QED) is 0.612. The predicted molar refractivity (Wildman–Crippen MR) is 96.9 cm³/mol. The number of amides is 1. The van der Waals surface area contributed by atoms with E-state index < -0.39 is 0 Å². The normalized spacial score (nSPS) is 10.6. The largest absolute Gasteiger partial charge is 0.321 e. The van der Waals surface area contributed by atoms with E-state index in [0.717, 1.165) is 16.3 Å². The highest BCUT2D eigenvalue weighted by Gasteiger charge is 2.12. The Balaban J connectivity index is 1.48. The second-order valence-electron chi connectivity index (χ2n) is 5.22. The molecular formula is C18H13N5OS. The Bertz CT molecular complexity index is 978. The number of carbonyl (C=O) groups excluding carboxylic acids is 1. The van der Waals surface area contributed by atoms with E-state index in [0.29, 0.717) is 5.69 Å². The van der Waals surface area contributed by atoms with Crippen molar-refractivity contribution < 1.29 is 4.79 Å². The lowest BCUT2D eigenvalue weighted by Crippen LogP contribution is -2.13. The van der Waals surface area contributed by atoms with Crippen LogP contribution in [0.1, 0.15) is 10.5 Å². The molecule has 0 aliphatic rings. The Kier molecular flexibility index (Phi) is 4.05. The van der Waals surface area contributed by atoms with Crippen LogP contribution in [-0.4, -0.2) is 25.9 Å². The van der Waals surface area contributed by atoms with Gasteiger partial charge < -0.3 is 5.32 Å². The zero-order valence-electron chi connectivity index (χ0n) is 13.0. The van der Waals surface area contributed by atoms with Gasteiger partial charge in [0.2, 0.25) is 0 Å². The van der Waals surface area contributed by atoms with Crippen molar-refractivity contribution in [3.8, 4) is 16.3 Å². The lowest BCUT2D eigenvalue weighted by atomic mass is 10.2. The Morgan fingerprint density at radius 3 is 2.56 bits per heavy atom. The molecule has 1 amide bonds. The van der Waals surface area contributed by atoms with Crippen LogP contribution in [0.2, 0.25) is 0 Å². The number of anilines is 1. The molecule has 0 bridgehead atoms. The summed E-state index contributed by atoms with van der Waals surface area (Å²) in [7, 11) is 0. The van der Waals surface area contributed by atoms with E-state index >= 15 is 0 Å². The van der Waals surface area contributed by atoms with Gasteiger partial charge in [-0.25, -0.2) is 4.98 Å².